The Balaban J connectivity index is 1.75. The van der Waals surface area contributed by atoms with Gasteiger partial charge in [-0.2, -0.15) is 4.31 Å². The number of hydrogen-bond donors (Lipinski definition) is 1. The van der Waals surface area contributed by atoms with Crippen molar-refractivity contribution < 1.29 is 13.2 Å². The zero-order valence-electron chi connectivity index (χ0n) is 14.4. The summed E-state index contributed by atoms with van der Waals surface area (Å²) in [5.41, 5.74) is 0.566. The summed E-state index contributed by atoms with van der Waals surface area (Å²) in [5, 5.41) is 2.93. The number of nitrogens with zero attached hydrogens (tertiary/aromatic N) is 1. The summed E-state index contributed by atoms with van der Waals surface area (Å²) in [4.78, 5) is 12.8. The first-order valence-corrected chi connectivity index (χ1v) is 10.3. The van der Waals surface area contributed by atoms with Gasteiger partial charge in [0.25, 0.3) is 0 Å². The number of rotatable bonds is 6. The van der Waals surface area contributed by atoms with Crippen LogP contribution in [0, 0.1) is 17.8 Å². The molecular weight excluding hydrogens is 324 g/mol. The van der Waals surface area contributed by atoms with Gasteiger partial charge in [0, 0.05) is 24.7 Å². The summed E-state index contributed by atoms with van der Waals surface area (Å²) in [6.07, 6.45) is 4.56. The summed E-state index contributed by atoms with van der Waals surface area (Å²) in [6, 6.07) is 6.60. The number of amides is 1. The van der Waals surface area contributed by atoms with Crippen LogP contribution in [0.2, 0.25) is 0 Å². The molecule has 5 nitrogen and oxygen atoms in total. The normalized spacial score (nSPS) is 26.0. The second kappa shape index (κ2) is 6.84. The maximum Gasteiger partial charge on any atom is 0.243 e. The Labute approximate surface area is 144 Å². The van der Waals surface area contributed by atoms with E-state index in [0.717, 1.165) is 12.8 Å². The van der Waals surface area contributed by atoms with E-state index >= 15 is 0 Å². The van der Waals surface area contributed by atoms with E-state index in [0.29, 0.717) is 30.6 Å². The molecule has 2 fully saturated rings. The quantitative estimate of drug-likeness (QED) is 0.857. The van der Waals surface area contributed by atoms with Gasteiger partial charge < -0.3 is 5.32 Å². The van der Waals surface area contributed by atoms with Crippen LogP contribution < -0.4 is 5.32 Å². The number of carbonyl (C=O) groups excluding carboxylic acids is 1. The molecule has 0 aromatic heterocycles. The third-order valence-corrected chi connectivity index (χ3v) is 7.57. The Kier molecular flexibility index (Phi) is 4.97. The molecule has 0 aliphatic heterocycles. The van der Waals surface area contributed by atoms with Crippen LogP contribution in [0.25, 0.3) is 0 Å². The van der Waals surface area contributed by atoms with Gasteiger partial charge >= 0.3 is 0 Å². The molecule has 2 saturated carbocycles. The van der Waals surface area contributed by atoms with Crippen LogP contribution in [0.4, 0.5) is 5.69 Å². The highest BCUT2D eigenvalue weighted by Crippen LogP contribution is 2.48. The van der Waals surface area contributed by atoms with Crippen LogP contribution in [0.5, 0.6) is 0 Å². The van der Waals surface area contributed by atoms with E-state index < -0.39 is 10.0 Å². The van der Waals surface area contributed by atoms with Crippen LogP contribution in [0.1, 0.15) is 39.5 Å². The molecule has 3 atom stereocenters. The van der Waals surface area contributed by atoms with Crippen molar-refractivity contribution in [3.63, 3.8) is 0 Å². The molecule has 0 saturated heterocycles. The predicted octanol–water partition coefficient (Wildman–Crippen LogP) is 3.09. The van der Waals surface area contributed by atoms with Gasteiger partial charge in [-0.15, -0.1) is 0 Å². The molecule has 0 spiro atoms. The van der Waals surface area contributed by atoms with Gasteiger partial charge in [0.05, 0.1) is 4.90 Å². The molecule has 2 bridgehead atoms. The van der Waals surface area contributed by atoms with E-state index in [1.54, 1.807) is 24.3 Å². The van der Waals surface area contributed by atoms with Gasteiger partial charge in [0.1, 0.15) is 0 Å². The lowest BCUT2D eigenvalue weighted by molar-refractivity contribution is -0.121. The molecule has 0 heterocycles. The molecule has 1 aromatic carbocycles. The number of fused-ring (bicyclic) bond motifs is 2. The molecule has 24 heavy (non-hydrogen) atoms. The Morgan fingerprint density at radius 2 is 1.96 bits per heavy atom. The van der Waals surface area contributed by atoms with Crippen molar-refractivity contribution in [1.82, 2.24) is 4.31 Å². The number of sulfonamides is 1. The third kappa shape index (κ3) is 3.22. The summed E-state index contributed by atoms with van der Waals surface area (Å²) in [5.74, 6) is 1.35. The minimum Gasteiger partial charge on any atom is -0.326 e. The fourth-order valence-corrected chi connectivity index (χ4v) is 5.75. The van der Waals surface area contributed by atoms with E-state index in [1.807, 2.05) is 13.8 Å². The van der Waals surface area contributed by atoms with Gasteiger partial charge in [-0.05, 0) is 49.3 Å². The van der Waals surface area contributed by atoms with Crippen LogP contribution in [-0.2, 0) is 14.8 Å². The lowest BCUT2D eigenvalue weighted by atomic mass is 9.88. The topological polar surface area (TPSA) is 66.5 Å². The van der Waals surface area contributed by atoms with Crippen molar-refractivity contribution in [1.29, 1.82) is 0 Å². The number of benzene rings is 1. The van der Waals surface area contributed by atoms with Gasteiger partial charge in [-0.1, -0.05) is 26.3 Å². The standard InChI is InChI=1S/C18H26N2O3S/c1-3-20(4-2)24(22,23)16-7-5-6-15(12-16)19-18(21)17-11-13-8-9-14(17)10-13/h5-7,12-14,17H,3-4,8-11H2,1-2H3,(H,19,21). The molecule has 2 aliphatic rings. The van der Waals surface area contributed by atoms with E-state index in [2.05, 4.69) is 5.32 Å². The minimum absolute atomic E-state index is 0.0413. The summed E-state index contributed by atoms with van der Waals surface area (Å²) < 4.78 is 26.6. The molecule has 1 amide bonds. The largest absolute Gasteiger partial charge is 0.326 e. The summed E-state index contributed by atoms with van der Waals surface area (Å²) >= 11 is 0. The first kappa shape index (κ1) is 17.4. The molecule has 3 rings (SSSR count). The van der Waals surface area contributed by atoms with Gasteiger partial charge in [-0.25, -0.2) is 8.42 Å². The lowest BCUT2D eigenvalue weighted by Gasteiger charge is -2.21. The molecule has 1 aromatic rings. The molecular formula is C18H26N2O3S. The van der Waals surface area contributed by atoms with Crippen LogP contribution in [0.3, 0.4) is 0 Å². The van der Waals surface area contributed by atoms with Crippen molar-refractivity contribution in [2.45, 2.75) is 44.4 Å². The highest BCUT2D eigenvalue weighted by Gasteiger charge is 2.43. The molecule has 2 aliphatic carbocycles. The fourth-order valence-electron chi connectivity index (χ4n) is 4.25. The molecule has 6 heteroatoms. The van der Waals surface area contributed by atoms with Gasteiger partial charge in [0.15, 0.2) is 0 Å². The lowest BCUT2D eigenvalue weighted by Crippen LogP contribution is -2.31. The molecule has 3 unspecified atom stereocenters. The Hall–Kier alpha value is -1.40. The Morgan fingerprint density at radius 3 is 2.54 bits per heavy atom. The minimum atomic E-state index is -3.50. The van der Waals surface area contributed by atoms with Crippen molar-refractivity contribution in [2.75, 3.05) is 18.4 Å². The number of nitrogens with one attached hydrogen (secondary N) is 1. The van der Waals surface area contributed by atoms with Crippen molar-refractivity contribution in [3.8, 4) is 0 Å². The van der Waals surface area contributed by atoms with Crippen LogP contribution in [0.15, 0.2) is 29.2 Å². The SMILES string of the molecule is CCN(CC)S(=O)(=O)c1cccc(NC(=O)C2CC3CCC2C3)c1. The zero-order valence-corrected chi connectivity index (χ0v) is 15.2. The van der Waals surface area contributed by atoms with Gasteiger partial charge in [0.2, 0.25) is 15.9 Å². The molecule has 1 N–H and O–H groups in total. The number of anilines is 1. The number of carbonyl (C=O) groups is 1. The monoisotopic (exact) mass is 350 g/mol. The number of hydrogen-bond acceptors (Lipinski definition) is 3. The van der Waals surface area contributed by atoms with Gasteiger partial charge in [-0.3, -0.25) is 4.79 Å². The summed E-state index contributed by atoms with van der Waals surface area (Å²) in [6.45, 7) is 4.50. The van der Waals surface area contributed by atoms with Crippen LogP contribution >= 0.6 is 0 Å². The first-order valence-electron chi connectivity index (χ1n) is 8.86. The third-order valence-electron chi connectivity index (χ3n) is 5.52. The van der Waals surface area contributed by atoms with E-state index in [1.165, 1.54) is 17.1 Å². The Morgan fingerprint density at radius 1 is 1.21 bits per heavy atom. The first-order chi connectivity index (χ1) is 11.5. The Bertz CT molecular complexity index is 713. The molecule has 0 radical (unpaired) electrons. The van der Waals surface area contributed by atoms with Crippen molar-refractivity contribution in [3.05, 3.63) is 24.3 Å². The second-order valence-corrected chi connectivity index (χ2v) is 8.83. The van der Waals surface area contributed by atoms with E-state index in [4.69, 9.17) is 0 Å². The average Bonchev–Trinajstić information content (AvgIpc) is 3.19. The fraction of sp³-hybridized carbons (Fsp3) is 0.611. The highest BCUT2D eigenvalue weighted by atomic mass is 32.2. The van der Waals surface area contributed by atoms with E-state index in [9.17, 15) is 13.2 Å². The second-order valence-electron chi connectivity index (χ2n) is 6.89. The maximum absolute atomic E-state index is 12.6. The van der Waals surface area contributed by atoms with Crippen LogP contribution in [-0.4, -0.2) is 31.7 Å². The van der Waals surface area contributed by atoms with E-state index in [-0.39, 0.29) is 16.7 Å². The molecule has 132 valence electrons. The average molecular weight is 350 g/mol. The zero-order chi connectivity index (χ0) is 17.3. The smallest absolute Gasteiger partial charge is 0.243 e. The maximum atomic E-state index is 12.6. The predicted molar refractivity (Wildman–Crippen MR) is 94.1 cm³/mol. The van der Waals surface area contributed by atoms with Crippen molar-refractivity contribution in [2.24, 2.45) is 17.8 Å². The summed E-state index contributed by atoms with van der Waals surface area (Å²) in [7, 11) is -3.50. The van der Waals surface area contributed by atoms with Crippen molar-refractivity contribution >= 4 is 21.6 Å². The highest BCUT2D eigenvalue weighted by molar-refractivity contribution is 7.89.